The van der Waals surface area contributed by atoms with Crippen LogP contribution in [0.4, 0.5) is 11.4 Å². The van der Waals surface area contributed by atoms with E-state index >= 15 is 0 Å². The van der Waals surface area contributed by atoms with E-state index < -0.39 is 11.9 Å². The van der Waals surface area contributed by atoms with Crippen LogP contribution in [0.15, 0.2) is 67.0 Å². The maximum absolute atomic E-state index is 14.0. The molecule has 1 aliphatic rings. The molecule has 12 heteroatoms. The fourth-order valence-electron chi connectivity index (χ4n) is 5.36. The number of anilines is 2. The summed E-state index contributed by atoms with van der Waals surface area (Å²) in [5, 5.41) is 13.9. The molecule has 5 rings (SSSR count). The zero-order valence-electron chi connectivity index (χ0n) is 22.5. The van der Waals surface area contributed by atoms with Gasteiger partial charge in [-0.25, -0.2) is 5.10 Å². The molecule has 0 spiro atoms. The van der Waals surface area contributed by atoms with E-state index in [1.54, 1.807) is 29.4 Å². The summed E-state index contributed by atoms with van der Waals surface area (Å²) in [5.74, 6) is 0.0491. The minimum atomic E-state index is -0.877. The van der Waals surface area contributed by atoms with Crippen LogP contribution in [0.5, 0.6) is 0 Å². The monoisotopic (exact) mass is 575 g/mol. The standard InChI is InChI=1S/C29H33N9O2.ClH/c30-15-19-3-7-22(8-4-19)29(40)38(25-11-9-21(10-12-25)28-34-36-37-35-28)26(27(32)39)13-18-1-5-20(6-2-18)23-14-24(31)17-33-16-23;/h1-2,5-6,9-12,14,16-17,19,22,26H,3-4,7-8,13,15,30-31H2,(H2,32,39)(H,34,35,36,37);1H/t19-,22-,26-;/m0./s1. The van der Waals surface area contributed by atoms with Crippen LogP contribution in [0.3, 0.4) is 0 Å². The number of amides is 2. The number of halogens is 1. The number of carbonyl (C=O) groups excluding carboxylic acids is 2. The molecule has 2 heterocycles. The summed E-state index contributed by atoms with van der Waals surface area (Å²) < 4.78 is 0. The number of tetrazole rings is 1. The Kier molecular flexibility index (Phi) is 9.64. The fourth-order valence-corrected chi connectivity index (χ4v) is 5.36. The molecule has 41 heavy (non-hydrogen) atoms. The quantitative estimate of drug-likeness (QED) is 0.234. The number of rotatable bonds is 9. The van der Waals surface area contributed by atoms with Gasteiger partial charge in [0.15, 0.2) is 5.82 Å². The smallest absolute Gasteiger partial charge is 0.240 e. The molecule has 4 aromatic rings. The van der Waals surface area contributed by atoms with Crippen molar-refractivity contribution in [1.29, 1.82) is 0 Å². The first kappa shape index (κ1) is 29.6. The number of H-pyrrole nitrogens is 1. The van der Waals surface area contributed by atoms with Gasteiger partial charge in [0, 0.05) is 41.5 Å². The van der Waals surface area contributed by atoms with Crippen LogP contribution in [0, 0.1) is 11.8 Å². The Morgan fingerprint density at radius 3 is 2.22 bits per heavy atom. The Morgan fingerprint density at radius 1 is 0.951 bits per heavy atom. The van der Waals surface area contributed by atoms with Crippen molar-refractivity contribution in [2.45, 2.75) is 38.1 Å². The summed E-state index contributed by atoms with van der Waals surface area (Å²) in [7, 11) is 0. The van der Waals surface area contributed by atoms with Crippen LogP contribution in [0.1, 0.15) is 31.2 Å². The summed E-state index contributed by atoms with van der Waals surface area (Å²) in [4.78, 5) is 32.7. The zero-order valence-corrected chi connectivity index (χ0v) is 23.3. The Morgan fingerprint density at radius 2 is 1.63 bits per heavy atom. The topological polar surface area (TPSA) is 183 Å². The summed E-state index contributed by atoms with van der Waals surface area (Å²) in [6.45, 7) is 0.619. The van der Waals surface area contributed by atoms with Crippen molar-refractivity contribution in [2.24, 2.45) is 23.3 Å². The number of aromatic amines is 1. The molecule has 0 saturated heterocycles. The number of hydrogen-bond acceptors (Lipinski definition) is 8. The minimum Gasteiger partial charge on any atom is -0.397 e. The number of hydrogen-bond donors (Lipinski definition) is 4. The lowest BCUT2D eigenvalue weighted by molar-refractivity contribution is -0.127. The maximum Gasteiger partial charge on any atom is 0.240 e. The van der Waals surface area contributed by atoms with E-state index in [4.69, 9.17) is 17.2 Å². The molecule has 1 saturated carbocycles. The van der Waals surface area contributed by atoms with Crippen LogP contribution < -0.4 is 22.1 Å². The average molecular weight is 576 g/mol. The lowest BCUT2D eigenvalue weighted by atomic mass is 9.81. The SMILES string of the molecule is Cl.NC[C@H]1CC[C@H](C(=O)N(c2ccc(-c3nnn[nH]3)cc2)[C@@H](Cc2ccc(-c3cncc(N)c3)cc2)C(N)=O)CC1. The van der Waals surface area contributed by atoms with E-state index in [1.165, 1.54) is 0 Å². The summed E-state index contributed by atoms with van der Waals surface area (Å²) in [5.41, 5.74) is 22.4. The number of aromatic nitrogens is 5. The van der Waals surface area contributed by atoms with Gasteiger partial charge in [0.2, 0.25) is 11.8 Å². The van der Waals surface area contributed by atoms with Crippen molar-refractivity contribution in [3.8, 4) is 22.5 Å². The number of nitrogens with zero attached hydrogens (tertiary/aromatic N) is 5. The maximum atomic E-state index is 14.0. The molecular weight excluding hydrogens is 542 g/mol. The molecule has 0 aliphatic heterocycles. The summed E-state index contributed by atoms with van der Waals surface area (Å²) >= 11 is 0. The Hall–Kier alpha value is -4.35. The van der Waals surface area contributed by atoms with Gasteiger partial charge in [0.05, 0.1) is 5.69 Å². The van der Waals surface area contributed by atoms with E-state index in [0.29, 0.717) is 29.7 Å². The van der Waals surface area contributed by atoms with Crippen molar-refractivity contribution < 1.29 is 9.59 Å². The number of primary amides is 1. The van der Waals surface area contributed by atoms with Gasteiger partial charge in [-0.15, -0.1) is 17.5 Å². The molecule has 2 amide bonds. The molecule has 11 nitrogen and oxygen atoms in total. The molecule has 2 aromatic heterocycles. The van der Waals surface area contributed by atoms with Crippen LogP contribution in [-0.2, 0) is 16.0 Å². The number of carbonyl (C=O) groups is 2. The van der Waals surface area contributed by atoms with E-state index in [2.05, 4.69) is 25.6 Å². The first-order valence-corrected chi connectivity index (χ1v) is 13.4. The van der Waals surface area contributed by atoms with Gasteiger partial charge in [-0.2, -0.15) is 0 Å². The summed E-state index contributed by atoms with van der Waals surface area (Å²) in [6.07, 6.45) is 6.84. The molecule has 7 N–H and O–H groups in total. The van der Waals surface area contributed by atoms with E-state index in [0.717, 1.165) is 47.9 Å². The highest BCUT2D eigenvalue weighted by Crippen LogP contribution is 2.33. The van der Waals surface area contributed by atoms with Gasteiger partial charge in [-0.05, 0) is 90.0 Å². The van der Waals surface area contributed by atoms with Crippen molar-refractivity contribution in [2.75, 3.05) is 17.2 Å². The molecule has 2 aromatic carbocycles. The van der Waals surface area contributed by atoms with Crippen molar-refractivity contribution in [1.82, 2.24) is 25.6 Å². The lowest BCUT2D eigenvalue weighted by Gasteiger charge is -2.35. The molecule has 1 fully saturated rings. The number of benzene rings is 2. The van der Waals surface area contributed by atoms with Gasteiger partial charge in [-0.3, -0.25) is 19.5 Å². The normalized spacial score (nSPS) is 17.3. The zero-order chi connectivity index (χ0) is 28.1. The Bertz CT molecular complexity index is 1440. The van der Waals surface area contributed by atoms with Gasteiger partial charge < -0.3 is 17.2 Å². The van der Waals surface area contributed by atoms with Crippen LogP contribution in [0.25, 0.3) is 22.5 Å². The molecular formula is C29H34ClN9O2. The number of pyridine rings is 1. The van der Waals surface area contributed by atoms with E-state index in [9.17, 15) is 9.59 Å². The van der Waals surface area contributed by atoms with Crippen LogP contribution in [-0.4, -0.2) is 50.0 Å². The number of nitrogens with two attached hydrogens (primary N) is 3. The second kappa shape index (κ2) is 13.3. The van der Waals surface area contributed by atoms with Gasteiger partial charge in [-0.1, -0.05) is 24.3 Å². The molecule has 0 radical (unpaired) electrons. The number of nitrogens with one attached hydrogen (secondary N) is 1. The predicted molar refractivity (Wildman–Crippen MR) is 160 cm³/mol. The highest BCUT2D eigenvalue weighted by molar-refractivity contribution is 6.01. The second-order valence-electron chi connectivity index (χ2n) is 10.3. The first-order chi connectivity index (χ1) is 19.4. The molecule has 1 atom stereocenters. The van der Waals surface area contributed by atoms with Crippen LogP contribution in [0.2, 0.25) is 0 Å². The lowest BCUT2D eigenvalue weighted by Crippen LogP contribution is -2.52. The van der Waals surface area contributed by atoms with Crippen LogP contribution >= 0.6 is 12.4 Å². The van der Waals surface area contributed by atoms with Crippen molar-refractivity contribution >= 4 is 35.6 Å². The third kappa shape index (κ3) is 6.87. The highest BCUT2D eigenvalue weighted by atomic mass is 35.5. The predicted octanol–water partition coefficient (Wildman–Crippen LogP) is 3.13. The van der Waals surface area contributed by atoms with Crippen molar-refractivity contribution in [3.05, 3.63) is 72.6 Å². The van der Waals surface area contributed by atoms with E-state index in [-0.39, 0.29) is 30.7 Å². The molecule has 214 valence electrons. The average Bonchev–Trinajstić information content (AvgIpc) is 3.53. The number of nitrogen functional groups attached to an aromatic ring is 1. The van der Waals surface area contributed by atoms with Gasteiger partial charge in [0.25, 0.3) is 0 Å². The van der Waals surface area contributed by atoms with Gasteiger partial charge in [0.1, 0.15) is 6.04 Å². The second-order valence-corrected chi connectivity index (χ2v) is 10.3. The van der Waals surface area contributed by atoms with E-state index in [1.807, 2.05) is 42.5 Å². The third-order valence-electron chi connectivity index (χ3n) is 7.65. The van der Waals surface area contributed by atoms with Gasteiger partial charge >= 0.3 is 0 Å². The first-order valence-electron chi connectivity index (χ1n) is 13.4. The third-order valence-corrected chi connectivity index (χ3v) is 7.65. The van der Waals surface area contributed by atoms with Crippen molar-refractivity contribution in [3.63, 3.8) is 0 Å². The molecule has 0 bridgehead atoms. The highest BCUT2D eigenvalue weighted by Gasteiger charge is 2.36. The Labute approximate surface area is 244 Å². The minimum absolute atomic E-state index is 0. The summed E-state index contributed by atoms with van der Waals surface area (Å²) in [6, 6.07) is 16.0. The largest absolute Gasteiger partial charge is 0.397 e. The fraction of sp³-hybridized carbons (Fsp3) is 0.310. The Balaban J connectivity index is 0.00000387. The molecule has 1 aliphatic carbocycles. The molecule has 0 unspecified atom stereocenters.